The fourth-order valence-electron chi connectivity index (χ4n) is 1.50. The summed E-state index contributed by atoms with van der Waals surface area (Å²) in [6.45, 7) is 2.85. The van der Waals surface area contributed by atoms with E-state index in [1.807, 2.05) is 0 Å². The van der Waals surface area contributed by atoms with Crippen LogP contribution in [0.2, 0.25) is 0 Å². The van der Waals surface area contributed by atoms with Crippen molar-refractivity contribution >= 4 is 5.91 Å². The molecule has 0 aromatic carbocycles. The van der Waals surface area contributed by atoms with Gasteiger partial charge in [0.15, 0.2) is 0 Å². The Hall–Kier alpha value is -0.610. The van der Waals surface area contributed by atoms with Gasteiger partial charge in [0.05, 0.1) is 0 Å². The van der Waals surface area contributed by atoms with Crippen LogP contribution in [-0.4, -0.2) is 62.5 Å². The molecule has 0 atom stereocenters. The molecule has 1 amide bonds. The molecule has 4 heteroatoms. The summed E-state index contributed by atoms with van der Waals surface area (Å²) in [5.41, 5.74) is 0. The van der Waals surface area contributed by atoms with Gasteiger partial charge in [0.25, 0.3) is 0 Å². The molecule has 1 aliphatic rings. The average molecular weight is 213 g/mol. The molecular formula is C11H23N3O. The molecule has 0 aliphatic heterocycles. The van der Waals surface area contributed by atoms with Crippen molar-refractivity contribution in [2.75, 3.05) is 40.8 Å². The lowest BCUT2D eigenvalue weighted by atomic mass is 10.4. The predicted octanol–water partition coefficient (Wildman–Crippen LogP) is 0.149. The Morgan fingerprint density at radius 2 is 1.93 bits per heavy atom. The number of hydrogen-bond acceptors (Lipinski definition) is 3. The molecule has 0 heterocycles. The minimum absolute atomic E-state index is 0.193. The van der Waals surface area contributed by atoms with Gasteiger partial charge in [0.1, 0.15) is 0 Å². The Morgan fingerprint density at radius 1 is 1.27 bits per heavy atom. The molecule has 0 saturated heterocycles. The summed E-state index contributed by atoms with van der Waals surface area (Å²) < 4.78 is 0. The zero-order valence-electron chi connectivity index (χ0n) is 10.1. The van der Waals surface area contributed by atoms with Crippen molar-refractivity contribution < 1.29 is 4.79 Å². The number of likely N-dealkylation sites (N-methyl/N-ethyl adjacent to an activating group) is 1. The van der Waals surface area contributed by atoms with Crippen LogP contribution in [-0.2, 0) is 4.79 Å². The first-order valence-electron chi connectivity index (χ1n) is 5.72. The van der Waals surface area contributed by atoms with Gasteiger partial charge in [0, 0.05) is 46.2 Å². The van der Waals surface area contributed by atoms with Crippen LogP contribution >= 0.6 is 0 Å². The number of nitrogens with one attached hydrogen (secondary N) is 1. The molecule has 1 N–H and O–H groups in total. The van der Waals surface area contributed by atoms with Crippen LogP contribution in [0.4, 0.5) is 0 Å². The maximum Gasteiger partial charge on any atom is 0.223 e. The third kappa shape index (κ3) is 5.14. The summed E-state index contributed by atoms with van der Waals surface area (Å²) >= 11 is 0. The summed E-state index contributed by atoms with van der Waals surface area (Å²) in [6, 6.07) is 0.829. The highest BCUT2D eigenvalue weighted by Crippen LogP contribution is 2.24. The highest BCUT2D eigenvalue weighted by atomic mass is 16.2. The third-order valence-corrected chi connectivity index (χ3v) is 2.83. The average Bonchev–Trinajstić information content (AvgIpc) is 2.99. The minimum atomic E-state index is 0.193. The quantitative estimate of drug-likeness (QED) is 0.611. The second kappa shape index (κ2) is 6.08. The van der Waals surface area contributed by atoms with Crippen molar-refractivity contribution in [3.63, 3.8) is 0 Å². The molecule has 88 valence electrons. The largest absolute Gasteiger partial charge is 0.349 e. The standard InChI is InChI=1S/C11H23N3O/c1-13(2)11(15)6-7-12-8-9-14(3)10-4-5-10/h10,12H,4-9H2,1-3H3. The Kier molecular flexibility index (Phi) is 5.05. The van der Waals surface area contributed by atoms with E-state index in [0.717, 1.165) is 25.7 Å². The van der Waals surface area contributed by atoms with Crippen LogP contribution in [0.15, 0.2) is 0 Å². The van der Waals surface area contributed by atoms with Gasteiger partial charge in [-0.05, 0) is 19.9 Å². The van der Waals surface area contributed by atoms with E-state index in [-0.39, 0.29) is 5.91 Å². The lowest BCUT2D eigenvalue weighted by Gasteiger charge is -2.16. The Bertz CT molecular complexity index is 202. The molecule has 1 saturated carbocycles. The molecule has 0 unspecified atom stereocenters. The molecule has 0 aromatic heterocycles. The van der Waals surface area contributed by atoms with Gasteiger partial charge in [-0.25, -0.2) is 0 Å². The topological polar surface area (TPSA) is 35.6 Å². The van der Waals surface area contributed by atoms with E-state index in [9.17, 15) is 4.79 Å². The van der Waals surface area contributed by atoms with Crippen LogP contribution < -0.4 is 5.32 Å². The molecule has 0 radical (unpaired) electrons. The molecule has 0 bridgehead atoms. The molecular weight excluding hydrogens is 190 g/mol. The number of nitrogens with zero attached hydrogens (tertiary/aromatic N) is 2. The van der Waals surface area contributed by atoms with Crippen molar-refractivity contribution in [2.45, 2.75) is 25.3 Å². The molecule has 15 heavy (non-hydrogen) atoms. The highest BCUT2D eigenvalue weighted by Gasteiger charge is 2.25. The lowest BCUT2D eigenvalue weighted by Crippen LogP contribution is -2.33. The third-order valence-electron chi connectivity index (χ3n) is 2.83. The lowest BCUT2D eigenvalue weighted by molar-refractivity contribution is -0.128. The van der Waals surface area contributed by atoms with Crippen molar-refractivity contribution in [1.82, 2.24) is 15.1 Å². The zero-order valence-corrected chi connectivity index (χ0v) is 10.1. The molecule has 0 spiro atoms. The zero-order chi connectivity index (χ0) is 11.3. The smallest absolute Gasteiger partial charge is 0.223 e. The second-order valence-electron chi connectivity index (χ2n) is 4.50. The fourth-order valence-corrected chi connectivity index (χ4v) is 1.50. The van der Waals surface area contributed by atoms with Crippen LogP contribution in [0.5, 0.6) is 0 Å². The van der Waals surface area contributed by atoms with E-state index < -0.39 is 0 Å². The van der Waals surface area contributed by atoms with Crippen LogP contribution in [0.1, 0.15) is 19.3 Å². The molecule has 4 nitrogen and oxygen atoms in total. The monoisotopic (exact) mass is 213 g/mol. The van der Waals surface area contributed by atoms with E-state index in [1.54, 1.807) is 19.0 Å². The maximum atomic E-state index is 11.2. The molecule has 1 rings (SSSR count). The Labute approximate surface area is 92.6 Å². The summed E-state index contributed by atoms with van der Waals surface area (Å²) in [5.74, 6) is 0.193. The van der Waals surface area contributed by atoms with Crippen molar-refractivity contribution in [3.05, 3.63) is 0 Å². The van der Waals surface area contributed by atoms with Crippen LogP contribution in [0, 0.1) is 0 Å². The van der Waals surface area contributed by atoms with E-state index in [4.69, 9.17) is 0 Å². The van der Waals surface area contributed by atoms with E-state index in [1.165, 1.54) is 12.8 Å². The minimum Gasteiger partial charge on any atom is -0.349 e. The SMILES string of the molecule is CN(C)C(=O)CCNCCN(C)C1CC1. The molecule has 0 aromatic rings. The van der Waals surface area contributed by atoms with Gasteiger partial charge in [-0.2, -0.15) is 0 Å². The van der Waals surface area contributed by atoms with Crippen molar-refractivity contribution in [2.24, 2.45) is 0 Å². The molecule has 1 aliphatic carbocycles. The molecule has 1 fully saturated rings. The number of carbonyl (C=O) groups excluding carboxylic acids is 1. The van der Waals surface area contributed by atoms with E-state index >= 15 is 0 Å². The van der Waals surface area contributed by atoms with Gasteiger partial charge in [-0.15, -0.1) is 0 Å². The Morgan fingerprint density at radius 3 is 2.47 bits per heavy atom. The first kappa shape index (κ1) is 12.5. The van der Waals surface area contributed by atoms with E-state index in [2.05, 4.69) is 17.3 Å². The number of rotatable bonds is 7. The summed E-state index contributed by atoms with van der Waals surface area (Å²) in [4.78, 5) is 15.3. The first-order chi connectivity index (χ1) is 7.11. The normalized spacial score (nSPS) is 15.7. The number of hydrogen-bond donors (Lipinski definition) is 1. The van der Waals surface area contributed by atoms with Crippen molar-refractivity contribution in [3.8, 4) is 0 Å². The van der Waals surface area contributed by atoms with Gasteiger partial charge in [-0.1, -0.05) is 0 Å². The second-order valence-corrected chi connectivity index (χ2v) is 4.50. The van der Waals surface area contributed by atoms with Gasteiger partial charge in [-0.3, -0.25) is 4.79 Å². The summed E-state index contributed by atoms with van der Waals surface area (Å²) in [6.07, 6.45) is 3.31. The van der Waals surface area contributed by atoms with Gasteiger partial charge < -0.3 is 15.1 Å². The Balaban J connectivity index is 1.90. The van der Waals surface area contributed by atoms with Crippen LogP contribution in [0.25, 0.3) is 0 Å². The predicted molar refractivity (Wildman–Crippen MR) is 61.8 cm³/mol. The number of amides is 1. The van der Waals surface area contributed by atoms with Crippen molar-refractivity contribution in [1.29, 1.82) is 0 Å². The summed E-state index contributed by atoms with van der Waals surface area (Å²) in [7, 11) is 5.76. The maximum absolute atomic E-state index is 11.2. The highest BCUT2D eigenvalue weighted by molar-refractivity contribution is 5.75. The van der Waals surface area contributed by atoms with Gasteiger partial charge >= 0.3 is 0 Å². The van der Waals surface area contributed by atoms with Gasteiger partial charge in [0.2, 0.25) is 5.91 Å². The fraction of sp³-hybridized carbons (Fsp3) is 0.909. The summed E-state index contributed by atoms with van der Waals surface area (Å²) in [5, 5.41) is 3.30. The van der Waals surface area contributed by atoms with Crippen LogP contribution in [0.3, 0.4) is 0 Å². The first-order valence-corrected chi connectivity index (χ1v) is 5.72. The van der Waals surface area contributed by atoms with E-state index in [0.29, 0.717) is 6.42 Å². The number of carbonyl (C=O) groups is 1.